The Morgan fingerprint density at radius 3 is 2.61 bits per heavy atom. The van der Waals surface area contributed by atoms with Gasteiger partial charge >= 0.3 is 0 Å². The third-order valence-electron chi connectivity index (χ3n) is 5.47. The van der Waals surface area contributed by atoms with E-state index in [-0.39, 0.29) is 24.8 Å². The lowest BCUT2D eigenvalue weighted by Crippen LogP contribution is -2.53. The number of halogens is 2. The van der Waals surface area contributed by atoms with E-state index in [1.54, 1.807) is 0 Å². The van der Waals surface area contributed by atoms with Crippen LogP contribution in [0.1, 0.15) is 44.9 Å². The lowest BCUT2D eigenvalue weighted by Gasteiger charge is -2.42. The highest BCUT2D eigenvalue weighted by atomic mass is 19.3. The minimum atomic E-state index is -2.66. The topological polar surface area (TPSA) is 32.8 Å². The van der Waals surface area contributed by atoms with Crippen LogP contribution in [-0.4, -0.2) is 67.1 Å². The monoisotopic (exact) mass is 330 g/mol. The Labute approximate surface area is 137 Å². The van der Waals surface area contributed by atoms with Crippen LogP contribution in [0.2, 0.25) is 0 Å². The Bertz CT molecular complexity index is 413. The van der Waals surface area contributed by atoms with Gasteiger partial charge in [0.15, 0.2) is 0 Å². The van der Waals surface area contributed by atoms with Crippen molar-refractivity contribution in [2.45, 2.75) is 56.9 Å². The van der Waals surface area contributed by atoms with Gasteiger partial charge in [-0.25, -0.2) is 8.78 Å². The fourth-order valence-electron chi connectivity index (χ4n) is 4.18. The van der Waals surface area contributed by atoms with Crippen LogP contribution in [0.4, 0.5) is 8.78 Å². The van der Waals surface area contributed by atoms with E-state index in [1.165, 1.54) is 0 Å². The molecule has 1 saturated carbocycles. The van der Waals surface area contributed by atoms with Crippen molar-refractivity contribution in [3.8, 4) is 0 Å². The quantitative estimate of drug-likeness (QED) is 0.797. The molecule has 2 heterocycles. The van der Waals surface area contributed by atoms with Gasteiger partial charge in [-0.3, -0.25) is 9.69 Å². The molecule has 0 unspecified atom stereocenters. The minimum Gasteiger partial charge on any atom is -0.379 e. The number of likely N-dealkylation sites (tertiary alicyclic amines) is 1. The number of carbonyl (C=O) groups is 1. The molecule has 0 radical (unpaired) electrons. The summed E-state index contributed by atoms with van der Waals surface area (Å²) in [5.41, 5.74) is 0. The molecule has 0 aromatic rings. The number of hydrogen-bond donors (Lipinski definition) is 0. The standard InChI is InChI=1S/C17H28F2N2O2/c18-17(19)6-3-4-14(12-17)16(22)21-7-2-1-5-15(21)13-20-8-10-23-11-9-20/h14-15H,1-13H2/t14-,15+/m1/s1. The number of nitrogens with zero attached hydrogens (tertiary/aromatic N) is 2. The van der Waals surface area contributed by atoms with Crippen molar-refractivity contribution < 1.29 is 18.3 Å². The number of ether oxygens (including phenoxy) is 1. The van der Waals surface area contributed by atoms with Gasteiger partial charge in [-0.15, -0.1) is 0 Å². The van der Waals surface area contributed by atoms with Crippen molar-refractivity contribution >= 4 is 5.91 Å². The van der Waals surface area contributed by atoms with Crippen LogP contribution in [0, 0.1) is 5.92 Å². The summed E-state index contributed by atoms with van der Waals surface area (Å²) in [5.74, 6) is -3.17. The van der Waals surface area contributed by atoms with Crippen molar-refractivity contribution in [2.75, 3.05) is 39.4 Å². The van der Waals surface area contributed by atoms with E-state index in [1.807, 2.05) is 4.90 Å². The highest BCUT2D eigenvalue weighted by Crippen LogP contribution is 2.38. The molecule has 0 aromatic carbocycles. The molecule has 4 nitrogen and oxygen atoms in total. The molecule has 3 aliphatic rings. The summed E-state index contributed by atoms with van der Waals surface area (Å²) in [4.78, 5) is 17.1. The Morgan fingerprint density at radius 2 is 1.87 bits per heavy atom. The molecular formula is C17H28F2N2O2. The van der Waals surface area contributed by atoms with Gasteiger partial charge in [0.05, 0.1) is 13.2 Å². The fourth-order valence-corrected chi connectivity index (χ4v) is 4.18. The number of rotatable bonds is 3. The number of piperidine rings is 1. The van der Waals surface area contributed by atoms with Gasteiger partial charge in [0.25, 0.3) is 0 Å². The number of hydrogen-bond acceptors (Lipinski definition) is 3. The van der Waals surface area contributed by atoms with Crippen LogP contribution in [-0.2, 0) is 9.53 Å². The normalized spacial score (nSPS) is 32.7. The molecule has 3 rings (SSSR count). The zero-order valence-electron chi connectivity index (χ0n) is 13.8. The fraction of sp³-hybridized carbons (Fsp3) is 0.941. The molecule has 2 atom stereocenters. The molecule has 1 amide bonds. The first kappa shape index (κ1) is 17.1. The van der Waals surface area contributed by atoms with Gasteiger partial charge < -0.3 is 9.64 Å². The molecule has 0 bridgehead atoms. The average molecular weight is 330 g/mol. The average Bonchev–Trinajstić information content (AvgIpc) is 2.55. The second-order valence-corrected chi connectivity index (χ2v) is 7.24. The highest BCUT2D eigenvalue weighted by molar-refractivity contribution is 5.79. The van der Waals surface area contributed by atoms with Crippen molar-refractivity contribution in [2.24, 2.45) is 5.92 Å². The molecule has 23 heavy (non-hydrogen) atoms. The maximum Gasteiger partial charge on any atom is 0.248 e. The maximum absolute atomic E-state index is 13.7. The van der Waals surface area contributed by atoms with Crippen LogP contribution in [0.15, 0.2) is 0 Å². The second-order valence-electron chi connectivity index (χ2n) is 7.24. The Morgan fingerprint density at radius 1 is 1.09 bits per heavy atom. The van der Waals surface area contributed by atoms with Crippen molar-refractivity contribution in [3.63, 3.8) is 0 Å². The summed E-state index contributed by atoms with van der Waals surface area (Å²) in [6.07, 6.45) is 3.88. The van der Waals surface area contributed by atoms with Crippen LogP contribution in [0.25, 0.3) is 0 Å². The summed E-state index contributed by atoms with van der Waals surface area (Å²) in [5, 5.41) is 0. The predicted molar refractivity (Wildman–Crippen MR) is 83.5 cm³/mol. The second kappa shape index (κ2) is 7.43. The molecule has 2 saturated heterocycles. The van der Waals surface area contributed by atoms with E-state index in [9.17, 15) is 13.6 Å². The number of morpholine rings is 1. The van der Waals surface area contributed by atoms with Gasteiger partial charge in [0, 0.05) is 51.0 Å². The molecule has 0 spiro atoms. The molecule has 3 fully saturated rings. The van der Waals surface area contributed by atoms with Gasteiger partial charge in [0.2, 0.25) is 11.8 Å². The Kier molecular flexibility index (Phi) is 5.52. The SMILES string of the molecule is O=C([C@@H]1CCCC(F)(F)C1)N1CCCC[C@H]1CN1CCOCC1. The van der Waals surface area contributed by atoms with E-state index < -0.39 is 11.8 Å². The van der Waals surface area contributed by atoms with E-state index >= 15 is 0 Å². The van der Waals surface area contributed by atoms with Crippen LogP contribution < -0.4 is 0 Å². The molecule has 6 heteroatoms. The van der Waals surface area contributed by atoms with E-state index in [0.717, 1.165) is 58.7 Å². The van der Waals surface area contributed by atoms with Gasteiger partial charge in [-0.2, -0.15) is 0 Å². The zero-order valence-corrected chi connectivity index (χ0v) is 13.8. The molecule has 2 aliphatic heterocycles. The van der Waals surface area contributed by atoms with Gasteiger partial charge in [-0.05, 0) is 32.1 Å². The molecule has 1 aliphatic carbocycles. The zero-order chi connectivity index (χ0) is 16.3. The summed E-state index contributed by atoms with van der Waals surface area (Å²) < 4.78 is 32.7. The molecular weight excluding hydrogens is 302 g/mol. The lowest BCUT2D eigenvalue weighted by atomic mass is 9.84. The lowest BCUT2D eigenvalue weighted by molar-refractivity contribution is -0.147. The smallest absolute Gasteiger partial charge is 0.248 e. The number of amides is 1. The van der Waals surface area contributed by atoms with Gasteiger partial charge in [0.1, 0.15) is 0 Å². The maximum atomic E-state index is 13.7. The summed E-state index contributed by atoms with van der Waals surface area (Å²) in [6.45, 7) is 4.89. The van der Waals surface area contributed by atoms with Gasteiger partial charge in [-0.1, -0.05) is 0 Å². The first-order valence-electron chi connectivity index (χ1n) is 9.03. The van der Waals surface area contributed by atoms with E-state index in [2.05, 4.69) is 4.90 Å². The van der Waals surface area contributed by atoms with Crippen molar-refractivity contribution in [3.05, 3.63) is 0 Å². The highest BCUT2D eigenvalue weighted by Gasteiger charge is 2.42. The number of alkyl halides is 2. The summed E-state index contributed by atoms with van der Waals surface area (Å²) in [7, 11) is 0. The van der Waals surface area contributed by atoms with Crippen molar-refractivity contribution in [1.29, 1.82) is 0 Å². The van der Waals surface area contributed by atoms with Crippen LogP contribution in [0.3, 0.4) is 0 Å². The summed E-state index contributed by atoms with van der Waals surface area (Å²) >= 11 is 0. The minimum absolute atomic E-state index is 0.0256. The molecule has 0 N–H and O–H groups in total. The Balaban J connectivity index is 1.61. The van der Waals surface area contributed by atoms with Crippen LogP contribution >= 0.6 is 0 Å². The summed E-state index contributed by atoms with van der Waals surface area (Å²) in [6, 6.07) is 0.185. The number of carbonyl (C=O) groups excluding carboxylic acids is 1. The third kappa shape index (κ3) is 4.41. The van der Waals surface area contributed by atoms with Crippen LogP contribution in [0.5, 0.6) is 0 Å². The first-order chi connectivity index (χ1) is 11.1. The molecule has 0 aromatic heterocycles. The van der Waals surface area contributed by atoms with E-state index in [0.29, 0.717) is 12.8 Å². The Hall–Kier alpha value is -0.750. The third-order valence-corrected chi connectivity index (χ3v) is 5.47. The first-order valence-corrected chi connectivity index (χ1v) is 9.03. The molecule has 132 valence electrons. The predicted octanol–water partition coefficient (Wildman–Crippen LogP) is 2.53. The van der Waals surface area contributed by atoms with E-state index in [4.69, 9.17) is 4.74 Å². The van der Waals surface area contributed by atoms with Crippen molar-refractivity contribution in [1.82, 2.24) is 9.80 Å². The largest absolute Gasteiger partial charge is 0.379 e.